The van der Waals surface area contributed by atoms with Crippen LogP contribution >= 0.6 is 0 Å². The first-order valence-electron chi connectivity index (χ1n) is 7.27. The number of carbonyl (C=O) groups is 1. The van der Waals surface area contributed by atoms with Crippen LogP contribution in [0.2, 0.25) is 0 Å². The number of sulfonamides is 1. The minimum Gasteiger partial charge on any atom is -0.326 e. The molecule has 0 aliphatic heterocycles. The Labute approximate surface area is 141 Å². The Morgan fingerprint density at radius 3 is 2.50 bits per heavy atom. The lowest BCUT2D eigenvalue weighted by molar-refractivity contribution is -0.116. The molecule has 6 nitrogen and oxygen atoms in total. The van der Waals surface area contributed by atoms with Crippen molar-refractivity contribution < 1.29 is 13.2 Å². The summed E-state index contributed by atoms with van der Waals surface area (Å²) in [5, 5.41) is 11.6. The minimum atomic E-state index is -3.45. The molecule has 24 heavy (non-hydrogen) atoms. The van der Waals surface area contributed by atoms with Gasteiger partial charge in [-0.15, -0.1) is 0 Å². The van der Waals surface area contributed by atoms with Gasteiger partial charge in [0.25, 0.3) is 0 Å². The van der Waals surface area contributed by atoms with Crippen LogP contribution in [0.15, 0.2) is 53.4 Å². The second kappa shape index (κ2) is 7.73. The molecule has 0 saturated heterocycles. The number of benzene rings is 2. The van der Waals surface area contributed by atoms with Crippen LogP contribution < -0.4 is 10.0 Å². The fourth-order valence-corrected chi connectivity index (χ4v) is 2.83. The van der Waals surface area contributed by atoms with Crippen molar-refractivity contribution in [1.29, 1.82) is 5.26 Å². The minimum absolute atomic E-state index is 0.169. The van der Waals surface area contributed by atoms with Crippen molar-refractivity contribution in [1.82, 2.24) is 4.72 Å². The Kier molecular flexibility index (Phi) is 5.68. The van der Waals surface area contributed by atoms with Crippen LogP contribution in [0, 0.1) is 11.3 Å². The van der Waals surface area contributed by atoms with Crippen molar-refractivity contribution in [3.05, 3.63) is 59.7 Å². The largest absolute Gasteiger partial charge is 0.326 e. The number of nitrogens with zero attached hydrogens (tertiary/aromatic N) is 1. The summed E-state index contributed by atoms with van der Waals surface area (Å²) in [5.41, 5.74) is 1.93. The van der Waals surface area contributed by atoms with E-state index in [-0.39, 0.29) is 17.2 Å². The second-order valence-electron chi connectivity index (χ2n) is 5.09. The van der Waals surface area contributed by atoms with Crippen molar-refractivity contribution in [2.75, 3.05) is 12.4 Å². The second-order valence-corrected chi connectivity index (χ2v) is 6.98. The van der Waals surface area contributed by atoms with Gasteiger partial charge in [-0.1, -0.05) is 18.2 Å². The fourth-order valence-electron chi connectivity index (χ4n) is 2.10. The van der Waals surface area contributed by atoms with Gasteiger partial charge in [0, 0.05) is 12.1 Å². The number of amides is 1. The van der Waals surface area contributed by atoms with E-state index in [1.807, 2.05) is 6.07 Å². The molecule has 0 bridgehead atoms. The molecule has 0 aromatic heterocycles. The number of aryl methyl sites for hydroxylation is 1. The van der Waals surface area contributed by atoms with Gasteiger partial charge >= 0.3 is 0 Å². The maximum atomic E-state index is 12.0. The predicted octanol–water partition coefficient (Wildman–Crippen LogP) is 2.04. The van der Waals surface area contributed by atoms with Crippen LogP contribution in [0.3, 0.4) is 0 Å². The summed E-state index contributed by atoms with van der Waals surface area (Å²) in [4.78, 5) is 12.1. The van der Waals surface area contributed by atoms with Gasteiger partial charge < -0.3 is 5.32 Å². The maximum absolute atomic E-state index is 12.0. The average molecular weight is 343 g/mol. The molecule has 0 radical (unpaired) electrons. The molecule has 124 valence electrons. The first kappa shape index (κ1) is 17.7. The molecule has 0 heterocycles. The van der Waals surface area contributed by atoms with Crippen molar-refractivity contribution in [3.8, 4) is 6.07 Å². The highest BCUT2D eigenvalue weighted by atomic mass is 32.2. The molecular formula is C17H17N3O3S. The van der Waals surface area contributed by atoms with Crippen LogP contribution in [0.4, 0.5) is 5.69 Å². The number of carbonyl (C=O) groups excluding carboxylic acids is 1. The Morgan fingerprint density at radius 1 is 1.17 bits per heavy atom. The molecule has 7 heteroatoms. The molecule has 0 spiro atoms. The molecule has 2 rings (SSSR count). The highest BCUT2D eigenvalue weighted by Gasteiger charge is 2.11. The molecule has 0 atom stereocenters. The monoisotopic (exact) mass is 343 g/mol. The highest BCUT2D eigenvalue weighted by molar-refractivity contribution is 7.89. The van der Waals surface area contributed by atoms with E-state index >= 15 is 0 Å². The topological polar surface area (TPSA) is 99.1 Å². The zero-order chi connectivity index (χ0) is 17.6. The molecule has 0 unspecified atom stereocenters. The van der Waals surface area contributed by atoms with Gasteiger partial charge in [0.05, 0.1) is 16.5 Å². The summed E-state index contributed by atoms with van der Waals surface area (Å²) in [6.07, 6.45) is 0.749. The lowest BCUT2D eigenvalue weighted by atomic mass is 10.1. The summed E-state index contributed by atoms with van der Waals surface area (Å²) < 4.78 is 25.5. The summed E-state index contributed by atoms with van der Waals surface area (Å²) in [7, 11) is -2.09. The van der Waals surface area contributed by atoms with Crippen molar-refractivity contribution >= 4 is 21.6 Å². The summed E-state index contributed by atoms with van der Waals surface area (Å²) >= 11 is 0. The molecule has 0 saturated carbocycles. The van der Waals surface area contributed by atoms with Crippen LogP contribution in [-0.2, 0) is 21.2 Å². The van der Waals surface area contributed by atoms with Gasteiger partial charge in [-0.05, 0) is 49.4 Å². The average Bonchev–Trinajstić information content (AvgIpc) is 2.60. The quantitative estimate of drug-likeness (QED) is 0.838. The maximum Gasteiger partial charge on any atom is 0.240 e. The molecule has 2 aromatic carbocycles. The van der Waals surface area contributed by atoms with Gasteiger partial charge in [-0.3, -0.25) is 4.79 Å². The zero-order valence-corrected chi connectivity index (χ0v) is 13.9. The lowest BCUT2D eigenvalue weighted by Crippen LogP contribution is -2.18. The Hall–Kier alpha value is -2.69. The SMILES string of the molecule is CNS(=O)(=O)c1ccc(CCC(=O)Nc2cccc(C#N)c2)cc1. The van der Waals surface area contributed by atoms with E-state index < -0.39 is 10.0 Å². The number of nitrogens with one attached hydrogen (secondary N) is 2. The van der Waals surface area contributed by atoms with E-state index in [2.05, 4.69) is 10.0 Å². The van der Waals surface area contributed by atoms with Gasteiger partial charge in [0.15, 0.2) is 0 Å². The number of rotatable bonds is 6. The molecule has 0 aliphatic rings. The zero-order valence-electron chi connectivity index (χ0n) is 13.1. The lowest BCUT2D eigenvalue weighted by Gasteiger charge is -2.07. The molecular weight excluding hydrogens is 326 g/mol. The highest BCUT2D eigenvalue weighted by Crippen LogP contribution is 2.13. The van der Waals surface area contributed by atoms with Crippen LogP contribution in [-0.4, -0.2) is 21.4 Å². The molecule has 2 aromatic rings. The number of hydrogen-bond acceptors (Lipinski definition) is 4. The molecule has 1 amide bonds. The molecule has 2 N–H and O–H groups in total. The third-order valence-electron chi connectivity index (χ3n) is 3.42. The van der Waals surface area contributed by atoms with E-state index in [9.17, 15) is 13.2 Å². The summed E-state index contributed by atoms with van der Waals surface area (Å²) in [6, 6.07) is 15.1. The summed E-state index contributed by atoms with van der Waals surface area (Å²) in [6.45, 7) is 0. The van der Waals surface area contributed by atoms with E-state index in [0.717, 1.165) is 5.56 Å². The van der Waals surface area contributed by atoms with E-state index in [4.69, 9.17) is 5.26 Å². The van der Waals surface area contributed by atoms with Crippen LogP contribution in [0.25, 0.3) is 0 Å². The number of anilines is 1. The normalized spacial score (nSPS) is 10.8. The van der Waals surface area contributed by atoms with E-state index in [1.54, 1.807) is 36.4 Å². The van der Waals surface area contributed by atoms with Crippen molar-refractivity contribution in [2.24, 2.45) is 0 Å². The number of hydrogen-bond donors (Lipinski definition) is 2. The van der Waals surface area contributed by atoms with Gasteiger partial charge in [-0.25, -0.2) is 13.1 Å². The number of nitriles is 1. The van der Waals surface area contributed by atoms with E-state index in [1.165, 1.54) is 19.2 Å². The Morgan fingerprint density at radius 2 is 1.88 bits per heavy atom. The molecule has 0 fully saturated rings. The van der Waals surface area contributed by atoms with E-state index in [0.29, 0.717) is 17.7 Å². The standard InChI is InChI=1S/C17H17N3O3S/c1-19-24(22,23)16-8-5-13(6-9-16)7-10-17(21)20-15-4-2-3-14(11-15)12-18/h2-6,8-9,11,19H,7,10H2,1H3,(H,20,21). The van der Waals surface area contributed by atoms with Crippen molar-refractivity contribution in [2.45, 2.75) is 17.7 Å². The molecule has 0 aliphatic carbocycles. The first-order valence-corrected chi connectivity index (χ1v) is 8.75. The smallest absolute Gasteiger partial charge is 0.240 e. The summed E-state index contributed by atoms with van der Waals surface area (Å²) in [5.74, 6) is -0.169. The van der Waals surface area contributed by atoms with Crippen molar-refractivity contribution in [3.63, 3.8) is 0 Å². The van der Waals surface area contributed by atoms with Gasteiger partial charge in [0.2, 0.25) is 15.9 Å². The third-order valence-corrected chi connectivity index (χ3v) is 4.85. The van der Waals surface area contributed by atoms with Gasteiger partial charge in [-0.2, -0.15) is 5.26 Å². The van der Waals surface area contributed by atoms with Crippen LogP contribution in [0.5, 0.6) is 0 Å². The fraction of sp³-hybridized carbons (Fsp3) is 0.176. The first-order chi connectivity index (χ1) is 11.4. The Bertz CT molecular complexity index is 869. The Balaban J connectivity index is 1.93. The predicted molar refractivity (Wildman–Crippen MR) is 90.8 cm³/mol. The van der Waals surface area contributed by atoms with Gasteiger partial charge in [0.1, 0.15) is 0 Å². The third kappa shape index (κ3) is 4.65. The van der Waals surface area contributed by atoms with Crippen LogP contribution in [0.1, 0.15) is 17.5 Å².